The molecule has 3 N–H and O–H groups in total. The maximum absolute atomic E-state index is 14.0. The maximum atomic E-state index is 14.0. The Morgan fingerprint density at radius 2 is 1.88 bits per heavy atom. The van der Waals surface area contributed by atoms with E-state index in [9.17, 15) is 14.3 Å². The van der Waals surface area contributed by atoms with Crippen molar-refractivity contribution in [3.8, 4) is 0 Å². The minimum Gasteiger partial charge on any atom is -0.480 e. The van der Waals surface area contributed by atoms with Gasteiger partial charge in [0.25, 0.3) is 0 Å². The lowest BCUT2D eigenvalue weighted by molar-refractivity contribution is -0.149. The number of benzene rings is 1. The fourth-order valence-electron chi connectivity index (χ4n) is 1.71. The molecule has 1 rings (SSSR count). The van der Waals surface area contributed by atoms with Crippen molar-refractivity contribution < 1.29 is 14.3 Å². The molecule has 0 spiro atoms. The Kier molecular flexibility index (Phi) is 3.06. The monoisotopic (exact) mass is 225 g/mol. The van der Waals surface area contributed by atoms with Crippen LogP contribution in [0.25, 0.3) is 0 Å². The Morgan fingerprint density at radius 3 is 2.25 bits per heavy atom. The first-order chi connectivity index (χ1) is 7.21. The summed E-state index contributed by atoms with van der Waals surface area (Å²) in [4.78, 5) is 11.3. The van der Waals surface area contributed by atoms with Gasteiger partial charge in [0.1, 0.15) is 5.67 Å². The van der Waals surface area contributed by atoms with Crippen molar-refractivity contribution in [2.75, 3.05) is 0 Å². The summed E-state index contributed by atoms with van der Waals surface area (Å²) in [6.45, 7) is 4.06. The average Bonchev–Trinajstić information content (AvgIpc) is 2.15. The molecule has 0 bridgehead atoms. The second kappa shape index (κ2) is 3.87. The predicted molar refractivity (Wildman–Crippen MR) is 59.9 cm³/mol. The SMILES string of the molecule is Cc1ccccc1C(N)(C(=O)O)C(C)(C)F. The molecule has 0 fully saturated rings. The minimum atomic E-state index is -2.05. The summed E-state index contributed by atoms with van der Waals surface area (Å²) < 4.78 is 14.0. The van der Waals surface area contributed by atoms with Crippen LogP contribution in [0.1, 0.15) is 25.0 Å². The molecule has 1 aromatic carbocycles. The highest BCUT2D eigenvalue weighted by Gasteiger charge is 2.51. The zero-order valence-electron chi connectivity index (χ0n) is 9.62. The van der Waals surface area contributed by atoms with Gasteiger partial charge in [0.05, 0.1) is 0 Å². The lowest BCUT2D eigenvalue weighted by Gasteiger charge is -2.35. The third-order valence-electron chi connectivity index (χ3n) is 2.84. The van der Waals surface area contributed by atoms with Crippen LogP contribution < -0.4 is 5.73 Å². The van der Waals surface area contributed by atoms with Crippen molar-refractivity contribution in [1.29, 1.82) is 0 Å². The topological polar surface area (TPSA) is 63.3 Å². The van der Waals surface area contributed by atoms with Gasteiger partial charge in [0, 0.05) is 0 Å². The molecule has 4 heteroatoms. The fourth-order valence-corrected chi connectivity index (χ4v) is 1.71. The third kappa shape index (κ3) is 1.80. The molecule has 0 aliphatic rings. The Morgan fingerprint density at radius 1 is 1.38 bits per heavy atom. The zero-order chi connectivity index (χ0) is 12.6. The van der Waals surface area contributed by atoms with E-state index >= 15 is 0 Å². The number of halogens is 1. The molecule has 1 atom stereocenters. The van der Waals surface area contributed by atoms with Crippen LogP contribution in [-0.2, 0) is 10.3 Å². The molecule has 0 saturated heterocycles. The molecule has 0 amide bonds. The van der Waals surface area contributed by atoms with E-state index < -0.39 is 17.2 Å². The van der Waals surface area contributed by atoms with E-state index in [1.54, 1.807) is 31.2 Å². The average molecular weight is 225 g/mol. The van der Waals surface area contributed by atoms with Crippen LogP contribution in [0, 0.1) is 6.92 Å². The van der Waals surface area contributed by atoms with Crippen LogP contribution in [0.4, 0.5) is 4.39 Å². The van der Waals surface area contributed by atoms with Gasteiger partial charge >= 0.3 is 5.97 Å². The van der Waals surface area contributed by atoms with Gasteiger partial charge < -0.3 is 10.8 Å². The molecule has 3 nitrogen and oxygen atoms in total. The summed E-state index contributed by atoms with van der Waals surface area (Å²) in [5, 5.41) is 9.18. The lowest BCUT2D eigenvalue weighted by atomic mass is 9.77. The number of nitrogens with two attached hydrogens (primary N) is 1. The van der Waals surface area contributed by atoms with Gasteiger partial charge in [-0.05, 0) is 31.9 Å². The Balaban J connectivity index is 3.46. The molecular formula is C12H16FNO2. The third-order valence-corrected chi connectivity index (χ3v) is 2.84. The minimum absolute atomic E-state index is 0.301. The first-order valence-corrected chi connectivity index (χ1v) is 4.98. The van der Waals surface area contributed by atoms with Crippen LogP contribution in [0.5, 0.6) is 0 Å². The predicted octanol–water partition coefficient (Wildman–Crippen LogP) is 1.98. The first-order valence-electron chi connectivity index (χ1n) is 4.98. The second-order valence-electron chi connectivity index (χ2n) is 4.40. The highest BCUT2D eigenvalue weighted by atomic mass is 19.1. The van der Waals surface area contributed by atoms with Gasteiger partial charge in [-0.1, -0.05) is 24.3 Å². The maximum Gasteiger partial charge on any atom is 0.331 e. The summed E-state index contributed by atoms with van der Waals surface area (Å²) in [5.41, 5.74) is 2.65. The molecule has 88 valence electrons. The van der Waals surface area contributed by atoms with Gasteiger partial charge in [0.15, 0.2) is 5.54 Å². The van der Waals surface area contributed by atoms with Gasteiger partial charge in [0.2, 0.25) is 0 Å². The van der Waals surface area contributed by atoms with Crippen LogP contribution in [0.2, 0.25) is 0 Å². The summed E-state index contributed by atoms with van der Waals surface area (Å²) in [6, 6.07) is 6.67. The van der Waals surface area contributed by atoms with Gasteiger partial charge in [-0.25, -0.2) is 9.18 Å². The van der Waals surface area contributed by atoms with Gasteiger partial charge in [-0.3, -0.25) is 0 Å². The molecule has 1 unspecified atom stereocenters. The number of carboxylic acid groups (broad SMARTS) is 1. The van der Waals surface area contributed by atoms with Crippen LogP contribution in [0.15, 0.2) is 24.3 Å². The van der Waals surface area contributed by atoms with E-state index in [2.05, 4.69) is 0 Å². The Hall–Kier alpha value is -1.42. The Bertz CT molecular complexity index is 412. The normalized spacial score (nSPS) is 15.6. The largest absolute Gasteiger partial charge is 0.480 e. The van der Waals surface area contributed by atoms with E-state index in [1.165, 1.54) is 13.8 Å². The van der Waals surface area contributed by atoms with Crippen molar-refractivity contribution in [2.45, 2.75) is 32.0 Å². The van der Waals surface area contributed by atoms with Gasteiger partial charge in [-0.2, -0.15) is 0 Å². The molecule has 0 aliphatic carbocycles. The van der Waals surface area contributed by atoms with Crippen molar-refractivity contribution in [1.82, 2.24) is 0 Å². The first kappa shape index (κ1) is 12.6. The number of aryl methyl sites for hydroxylation is 1. The van der Waals surface area contributed by atoms with E-state index in [4.69, 9.17) is 5.73 Å². The number of hydrogen-bond acceptors (Lipinski definition) is 2. The number of carboxylic acids is 1. The Labute approximate surface area is 94.1 Å². The molecule has 0 heterocycles. The van der Waals surface area contributed by atoms with Crippen molar-refractivity contribution >= 4 is 5.97 Å². The fraction of sp³-hybridized carbons (Fsp3) is 0.417. The van der Waals surface area contributed by atoms with Crippen LogP contribution in [-0.4, -0.2) is 16.7 Å². The number of rotatable bonds is 3. The summed E-state index contributed by atoms with van der Waals surface area (Å²) in [7, 11) is 0. The van der Waals surface area contributed by atoms with Gasteiger partial charge in [-0.15, -0.1) is 0 Å². The highest BCUT2D eigenvalue weighted by molar-refractivity contribution is 5.82. The molecule has 0 aromatic heterocycles. The van der Waals surface area contributed by atoms with E-state index in [1.807, 2.05) is 0 Å². The van der Waals surface area contributed by atoms with E-state index in [0.717, 1.165) is 0 Å². The molecule has 1 aromatic rings. The van der Waals surface area contributed by atoms with E-state index in [0.29, 0.717) is 11.1 Å². The second-order valence-corrected chi connectivity index (χ2v) is 4.40. The van der Waals surface area contributed by atoms with Crippen LogP contribution in [0.3, 0.4) is 0 Å². The quantitative estimate of drug-likeness (QED) is 0.826. The molecule has 0 saturated carbocycles. The lowest BCUT2D eigenvalue weighted by Crippen LogP contribution is -2.58. The standard InChI is InChI=1S/C12H16FNO2/c1-8-6-4-5-7-9(8)12(14,10(15)16)11(2,3)13/h4-7H,14H2,1-3H3,(H,15,16). The molecular weight excluding hydrogens is 209 g/mol. The summed E-state index contributed by atoms with van der Waals surface area (Å²) >= 11 is 0. The summed E-state index contributed by atoms with van der Waals surface area (Å²) in [6.07, 6.45) is 0. The number of hydrogen-bond donors (Lipinski definition) is 2. The number of carbonyl (C=O) groups is 1. The molecule has 0 aliphatic heterocycles. The van der Waals surface area contributed by atoms with Crippen LogP contribution >= 0.6 is 0 Å². The smallest absolute Gasteiger partial charge is 0.331 e. The molecule has 16 heavy (non-hydrogen) atoms. The highest BCUT2D eigenvalue weighted by Crippen LogP contribution is 2.35. The van der Waals surface area contributed by atoms with E-state index in [-0.39, 0.29) is 0 Å². The van der Waals surface area contributed by atoms with Crippen molar-refractivity contribution in [3.63, 3.8) is 0 Å². The van der Waals surface area contributed by atoms with Crippen molar-refractivity contribution in [2.24, 2.45) is 5.73 Å². The number of alkyl halides is 1. The zero-order valence-corrected chi connectivity index (χ0v) is 9.62. The molecule has 0 radical (unpaired) electrons. The van der Waals surface area contributed by atoms with Crippen molar-refractivity contribution in [3.05, 3.63) is 35.4 Å². The summed E-state index contributed by atoms with van der Waals surface area (Å²) in [5.74, 6) is -1.37. The number of aliphatic carboxylic acids is 1.